The second-order valence-electron chi connectivity index (χ2n) is 14.1. The van der Waals surface area contributed by atoms with Crippen molar-refractivity contribution in [2.75, 3.05) is 0 Å². The summed E-state index contributed by atoms with van der Waals surface area (Å²) in [5, 5.41) is 0. The van der Waals surface area contributed by atoms with Crippen molar-refractivity contribution in [3.8, 4) is 0 Å². The van der Waals surface area contributed by atoms with Gasteiger partial charge in [-0.2, -0.15) is 0 Å². The maximum Gasteiger partial charge on any atom is 0.184 e. The Hall–Kier alpha value is 0.0238. The largest absolute Gasteiger partial charge is 0.413 e. The van der Waals surface area contributed by atoms with Crippen LogP contribution in [0.15, 0.2) is 0 Å². The highest BCUT2D eigenvalue weighted by Crippen LogP contribution is 2.58. The number of fused-ring (bicyclic) bond motifs is 1. The third-order valence-corrected chi connectivity index (χ3v) is 10.2. The molecule has 4 atom stereocenters. The first kappa shape index (κ1) is 22.0. The van der Waals surface area contributed by atoms with Gasteiger partial charge >= 0.3 is 0 Å². The van der Waals surface area contributed by atoms with Gasteiger partial charge in [-0.3, -0.25) is 4.79 Å². The highest BCUT2D eigenvalue weighted by molar-refractivity contribution is 6.70. The molecule has 0 aromatic heterocycles. The quantitative estimate of drug-likeness (QED) is 0.229. The van der Waals surface area contributed by atoms with Crippen LogP contribution in [0, 0.1) is 23.2 Å². The molecular formula is C29H58O3Si2. The number of carbonyl (C=O) groups is 1. The zero-order valence-corrected chi connectivity index (χ0v) is 25.7. The molecule has 0 aromatic carbocycles. The Labute approximate surface area is 223 Å². The van der Waals surface area contributed by atoms with Gasteiger partial charge in [-0.25, -0.2) is 0 Å². The summed E-state index contributed by atoms with van der Waals surface area (Å²) in [5.74, 6) is 1.23. The van der Waals surface area contributed by atoms with E-state index in [0.717, 1.165) is 51.4 Å². The monoisotopic (exact) mass is 516 g/mol. The van der Waals surface area contributed by atoms with Crippen LogP contribution in [0.25, 0.3) is 0 Å². The van der Waals surface area contributed by atoms with Crippen LogP contribution in [-0.2, 0) is 13.6 Å². The van der Waals surface area contributed by atoms with Gasteiger partial charge in [0.1, 0.15) is 5.78 Å². The van der Waals surface area contributed by atoms with Crippen molar-refractivity contribution in [1.29, 1.82) is 0 Å². The minimum atomic E-state index is -2.76. The molecule has 2 aliphatic rings. The van der Waals surface area contributed by atoms with E-state index < -0.39 is 35.9 Å². The predicted molar refractivity (Wildman–Crippen MR) is 151 cm³/mol. The van der Waals surface area contributed by atoms with E-state index in [9.17, 15) is 4.79 Å². The summed E-state index contributed by atoms with van der Waals surface area (Å²) in [5.41, 5.74) is -2.39. The number of carbonyl (C=O) groups excluding carboxylic acids is 1. The molecule has 0 unspecified atom stereocenters. The van der Waals surface area contributed by atoms with Crippen LogP contribution in [0.5, 0.6) is 0 Å². The molecule has 200 valence electrons. The summed E-state index contributed by atoms with van der Waals surface area (Å²) in [7, 11) is -4.18. The fraction of sp³-hybridized carbons (Fsp3) is 0.966. The Kier molecular flexibility index (Phi) is 7.25. The molecule has 5 heteroatoms. The smallest absolute Gasteiger partial charge is 0.184 e. The van der Waals surface area contributed by atoms with Gasteiger partial charge in [0, 0.05) is 20.6 Å². The molecule has 2 fully saturated rings. The molecule has 2 saturated carbocycles. The summed E-state index contributed by atoms with van der Waals surface area (Å²) in [6.07, 6.45) is 8.75. The fourth-order valence-electron chi connectivity index (χ4n) is 7.15. The Balaban J connectivity index is 2.29. The van der Waals surface area contributed by atoms with E-state index in [-0.39, 0.29) is 23.4 Å². The average molecular weight is 517 g/mol. The zero-order chi connectivity index (χ0) is 31.0. The molecule has 0 heterocycles. The summed E-state index contributed by atoms with van der Waals surface area (Å²) in [6.45, 7) is 13.3. The van der Waals surface area contributed by atoms with E-state index in [1.807, 2.05) is 19.6 Å². The van der Waals surface area contributed by atoms with Gasteiger partial charge in [-0.1, -0.05) is 32.6 Å². The number of hydrogen-bond acceptors (Lipinski definition) is 3. The number of Topliss-reactive ketones (excluding diaryl/α,β-unsaturated/α-hetero) is 1. The van der Waals surface area contributed by atoms with Crippen LogP contribution in [0.2, 0.25) is 39.3 Å². The first-order valence-electron chi connectivity index (χ1n) is 16.8. The minimum absolute atomic E-state index is 0.0171. The molecule has 0 N–H and O–H groups in total. The average Bonchev–Trinajstić information content (AvgIpc) is 3.05. The van der Waals surface area contributed by atoms with Crippen molar-refractivity contribution in [2.24, 2.45) is 23.2 Å². The van der Waals surface area contributed by atoms with Crippen molar-refractivity contribution < 1.29 is 21.9 Å². The summed E-state index contributed by atoms with van der Waals surface area (Å²) < 4.78 is 62.2. The van der Waals surface area contributed by atoms with Crippen LogP contribution in [0.1, 0.15) is 113 Å². The van der Waals surface area contributed by atoms with Crippen molar-refractivity contribution in [3.63, 3.8) is 0 Å². The Bertz CT molecular complexity index is 846. The molecule has 0 saturated heterocycles. The molecule has 0 amide bonds. The lowest BCUT2D eigenvalue weighted by molar-refractivity contribution is -0.130. The van der Waals surface area contributed by atoms with E-state index >= 15 is 0 Å². The number of ketones is 1. The maximum absolute atomic E-state index is 12.9. The summed E-state index contributed by atoms with van der Waals surface area (Å²) >= 11 is 0. The van der Waals surface area contributed by atoms with Crippen molar-refractivity contribution in [2.45, 2.75) is 156 Å². The normalized spacial score (nSPS) is 31.0. The van der Waals surface area contributed by atoms with E-state index in [2.05, 4.69) is 40.4 Å². The minimum Gasteiger partial charge on any atom is -0.413 e. The Morgan fingerprint density at radius 1 is 0.971 bits per heavy atom. The highest BCUT2D eigenvalue weighted by atomic mass is 28.4. The molecule has 3 nitrogen and oxygen atoms in total. The van der Waals surface area contributed by atoms with Crippen molar-refractivity contribution in [1.82, 2.24) is 0 Å². The molecule has 0 bridgehead atoms. The third kappa shape index (κ3) is 9.15. The topological polar surface area (TPSA) is 35.5 Å². The SMILES string of the molecule is [2H]C([2H])([2H])C(CCC[C@H](CCCC(C)(C)O[Si](C)(C)C)[C@H]1CC[C@H]2C(=O)CCC[C@]12C)(O[Si](C)(C)C)C([2H])([2H])[2H]. The number of rotatable bonds is 13. The van der Waals surface area contributed by atoms with Crippen LogP contribution in [0.4, 0.5) is 0 Å². The molecule has 0 spiro atoms. The van der Waals surface area contributed by atoms with Crippen LogP contribution in [-0.4, -0.2) is 33.6 Å². The predicted octanol–water partition coefficient (Wildman–Crippen LogP) is 8.99. The Morgan fingerprint density at radius 3 is 2.03 bits per heavy atom. The molecule has 2 aliphatic carbocycles. The van der Waals surface area contributed by atoms with Gasteiger partial charge in [0.2, 0.25) is 0 Å². The van der Waals surface area contributed by atoms with Crippen LogP contribution >= 0.6 is 0 Å². The molecular weight excluding hydrogens is 452 g/mol. The van der Waals surface area contributed by atoms with Gasteiger partial charge in [-0.15, -0.1) is 0 Å². The highest BCUT2D eigenvalue weighted by Gasteiger charge is 2.52. The van der Waals surface area contributed by atoms with Gasteiger partial charge in [-0.05, 0) is 123 Å². The van der Waals surface area contributed by atoms with Gasteiger partial charge < -0.3 is 8.85 Å². The standard InChI is InChI=1S/C29H58O3Si2/c1-27(2,31-33(6,7)8)20-12-15-23(16-13-21-28(3,4)32-34(9,10)11)24-18-19-25-26(30)17-14-22-29(24,25)5/h23-25H,12-22H2,1-11H3/t24-,25+,29-/m1/s1/i1D3,2D3/t23-,24-,25+,29-. The van der Waals surface area contributed by atoms with E-state index in [1.54, 1.807) is 0 Å². The first-order chi connectivity index (χ1) is 17.8. The fourth-order valence-corrected chi connectivity index (χ4v) is 10.1. The molecule has 0 aromatic rings. The maximum atomic E-state index is 12.9. The van der Waals surface area contributed by atoms with Crippen molar-refractivity contribution >= 4 is 22.4 Å². The van der Waals surface area contributed by atoms with E-state index in [0.29, 0.717) is 30.5 Å². The van der Waals surface area contributed by atoms with Crippen molar-refractivity contribution in [3.05, 3.63) is 0 Å². The van der Waals surface area contributed by atoms with Crippen LogP contribution in [0.3, 0.4) is 0 Å². The Morgan fingerprint density at radius 2 is 1.50 bits per heavy atom. The summed E-state index contributed by atoms with van der Waals surface area (Å²) in [6, 6.07) is 0. The first-order valence-corrected chi connectivity index (χ1v) is 20.6. The molecule has 0 radical (unpaired) electrons. The molecule has 2 rings (SSSR count). The van der Waals surface area contributed by atoms with Crippen LogP contribution < -0.4 is 0 Å². The van der Waals surface area contributed by atoms with E-state index in [1.165, 1.54) is 0 Å². The second-order valence-corrected chi connectivity index (χ2v) is 23.0. The van der Waals surface area contributed by atoms with Gasteiger partial charge in [0.05, 0.1) is 11.2 Å². The van der Waals surface area contributed by atoms with Gasteiger partial charge in [0.25, 0.3) is 0 Å². The summed E-state index contributed by atoms with van der Waals surface area (Å²) in [4.78, 5) is 12.9. The van der Waals surface area contributed by atoms with Gasteiger partial charge in [0.15, 0.2) is 16.6 Å². The molecule has 0 aliphatic heterocycles. The number of hydrogen-bond donors (Lipinski definition) is 0. The third-order valence-electron chi connectivity index (χ3n) is 8.03. The molecule has 34 heavy (non-hydrogen) atoms. The zero-order valence-electron chi connectivity index (χ0n) is 29.7. The van der Waals surface area contributed by atoms with E-state index in [4.69, 9.17) is 17.1 Å². The second kappa shape index (κ2) is 11.2. The lowest BCUT2D eigenvalue weighted by atomic mass is 9.61. The lowest BCUT2D eigenvalue weighted by Gasteiger charge is -2.43. The lowest BCUT2D eigenvalue weighted by Crippen LogP contribution is -2.40.